The molecule has 7 nitrogen and oxygen atoms in total. The molecule has 1 aliphatic carbocycles. The topological polar surface area (TPSA) is 72.9 Å². The number of amides is 1. The van der Waals surface area contributed by atoms with Crippen molar-refractivity contribution in [3.05, 3.63) is 23.9 Å². The van der Waals surface area contributed by atoms with E-state index in [-0.39, 0.29) is 35.9 Å². The first-order valence-electron chi connectivity index (χ1n) is 9.95. The lowest BCUT2D eigenvalue weighted by Gasteiger charge is -2.22. The van der Waals surface area contributed by atoms with Crippen molar-refractivity contribution >= 4 is 41.7 Å². The molecule has 0 radical (unpaired) electrons. The summed E-state index contributed by atoms with van der Waals surface area (Å²) in [6.45, 7) is 2.27. The fraction of sp³-hybridized carbons (Fsp3) is 0.650. The summed E-state index contributed by atoms with van der Waals surface area (Å²) in [4.78, 5) is 25.4. The molecule has 3 rings (SSSR count). The van der Waals surface area contributed by atoms with Crippen LogP contribution in [0.1, 0.15) is 37.7 Å². The number of carbonyl (C=O) groups is 1. The number of halogens is 1. The third-order valence-corrected chi connectivity index (χ3v) is 5.51. The van der Waals surface area contributed by atoms with Crippen molar-refractivity contribution in [2.45, 2.75) is 44.7 Å². The SMILES string of the molecule is CN=C(NCc1cccnc1N(C)C)NC1CCN(C(=O)C2CCCC2)C1.I. The first-order valence-corrected chi connectivity index (χ1v) is 9.95. The van der Waals surface area contributed by atoms with Crippen LogP contribution < -0.4 is 15.5 Å². The molecular formula is C20H33IN6O. The molecule has 2 heterocycles. The van der Waals surface area contributed by atoms with Gasteiger partial charge in [0, 0.05) is 64.5 Å². The monoisotopic (exact) mass is 500 g/mol. The van der Waals surface area contributed by atoms with E-state index in [1.165, 1.54) is 12.8 Å². The summed E-state index contributed by atoms with van der Waals surface area (Å²) >= 11 is 0. The minimum atomic E-state index is 0. The van der Waals surface area contributed by atoms with Crippen molar-refractivity contribution in [2.75, 3.05) is 39.1 Å². The first-order chi connectivity index (χ1) is 13.1. The van der Waals surface area contributed by atoms with Gasteiger partial charge < -0.3 is 20.4 Å². The van der Waals surface area contributed by atoms with E-state index >= 15 is 0 Å². The number of rotatable bonds is 5. The van der Waals surface area contributed by atoms with Crippen LogP contribution in [-0.2, 0) is 11.3 Å². The Balaban J connectivity index is 0.00000280. The molecule has 8 heteroatoms. The number of likely N-dealkylation sites (tertiary alicyclic amines) is 1. The fourth-order valence-corrected chi connectivity index (χ4v) is 4.05. The van der Waals surface area contributed by atoms with Crippen molar-refractivity contribution in [2.24, 2.45) is 10.9 Å². The first kappa shape index (κ1) is 22.7. The van der Waals surface area contributed by atoms with E-state index in [1.54, 1.807) is 13.2 Å². The van der Waals surface area contributed by atoms with E-state index in [9.17, 15) is 4.79 Å². The standard InChI is InChI=1S/C20H32N6O.HI/c1-21-20(23-13-16-9-6-11-22-18(16)25(2)3)24-17-10-12-26(14-17)19(27)15-7-4-5-8-15;/h6,9,11,15,17H,4-5,7-8,10,12-14H2,1-3H3,(H2,21,23,24);1H. The van der Waals surface area contributed by atoms with E-state index in [0.717, 1.165) is 49.7 Å². The van der Waals surface area contributed by atoms with Crippen LogP contribution in [0.3, 0.4) is 0 Å². The van der Waals surface area contributed by atoms with Crippen LogP contribution in [0.15, 0.2) is 23.3 Å². The number of aromatic nitrogens is 1. The largest absolute Gasteiger partial charge is 0.362 e. The molecule has 1 saturated heterocycles. The Morgan fingerprint density at radius 3 is 2.75 bits per heavy atom. The number of hydrogen-bond donors (Lipinski definition) is 2. The summed E-state index contributed by atoms with van der Waals surface area (Å²) in [6.07, 6.45) is 7.30. The molecule has 156 valence electrons. The van der Waals surface area contributed by atoms with Crippen LogP contribution in [0.25, 0.3) is 0 Å². The van der Waals surface area contributed by atoms with Gasteiger partial charge in [0.15, 0.2) is 5.96 Å². The van der Waals surface area contributed by atoms with E-state index < -0.39 is 0 Å². The molecule has 0 spiro atoms. The Morgan fingerprint density at radius 1 is 1.32 bits per heavy atom. The Kier molecular flexibility index (Phi) is 8.78. The van der Waals surface area contributed by atoms with Crippen LogP contribution in [-0.4, -0.2) is 62.0 Å². The number of pyridine rings is 1. The average Bonchev–Trinajstić information content (AvgIpc) is 3.36. The van der Waals surface area contributed by atoms with Crippen molar-refractivity contribution in [1.29, 1.82) is 0 Å². The van der Waals surface area contributed by atoms with Gasteiger partial charge in [0.05, 0.1) is 0 Å². The highest BCUT2D eigenvalue weighted by Crippen LogP contribution is 2.27. The summed E-state index contributed by atoms with van der Waals surface area (Å²) in [5.74, 6) is 2.33. The lowest BCUT2D eigenvalue weighted by molar-refractivity contribution is -0.134. The van der Waals surface area contributed by atoms with Gasteiger partial charge in [-0.1, -0.05) is 18.9 Å². The summed E-state index contributed by atoms with van der Waals surface area (Å²) < 4.78 is 0. The highest BCUT2D eigenvalue weighted by atomic mass is 127. The number of nitrogens with one attached hydrogen (secondary N) is 2. The molecule has 1 atom stereocenters. The van der Waals surface area contributed by atoms with Gasteiger partial charge in [-0.2, -0.15) is 0 Å². The maximum absolute atomic E-state index is 12.6. The van der Waals surface area contributed by atoms with Crippen LogP contribution in [0, 0.1) is 5.92 Å². The van der Waals surface area contributed by atoms with E-state index in [0.29, 0.717) is 12.5 Å². The molecule has 0 bridgehead atoms. The Bertz CT molecular complexity index is 674. The predicted molar refractivity (Wildman–Crippen MR) is 124 cm³/mol. The van der Waals surface area contributed by atoms with E-state index in [4.69, 9.17) is 0 Å². The van der Waals surface area contributed by atoms with Gasteiger partial charge in [-0.05, 0) is 25.3 Å². The maximum Gasteiger partial charge on any atom is 0.225 e. The van der Waals surface area contributed by atoms with Crippen LogP contribution in [0.4, 0.5) is 5.82 Å². The number of carbonyl (C=O) groups excluding carboxylic acids is 1. The zero-order valence-electron chi connectivity index (χ0n) is 17.1. The highest BCUT2D eigenvalue weighted by Gasteiger charge is 2.32. The number of guanidine groups is 1. The molecule has 1 aromatic rings. The average molecular weight is 500 g/mol. The van der Waals surface area contributed by atoms with Gasteiger partial charge in [0.25, 0.3) is 0 Å². The van der Waals surface area contributed by atoms with Gasteiger partial charge in [0.2, 0.25) is 5.91 Å². The van der Waals surface area contributed by atoms with Gasteiger partial charge >= 0.3 is 0 Å². The second kappa shape index (κ2) is 10.8. The van der Waals surface area contributed by atoms with Crippen molar-refractivity contribution in [3.63, 3.8) is 0 Å². The van der Waals surface area contributed by atoms with Gasteiger partial charge in [0.1, 0.15) is 5.82 Å². The quantitative estimate of drug-likeness (QED) is 0.369. The molecule has 1 saturated carbocycles. The summed E-state index contributed by atoms with van der Waals surface area (Å²) in [7, 11) is 5.77. The highest BCUT2D eigenvalue weighted by molar-refractivity contribution is 14.0. The van der Waals surface area contributed by atoms with Crippen LogP contribution in [0.2, 0.25) is 0 Å². The summed E-state index contributed by atoms with van der Waals surface area (Å²) in [5.41, 5.74) is 1.12. The molecule has 1 aromatic heterocycles. The molecular weight excluding hydrogens is 467 g/mol. The molecule has 2 aliphatic rings. The lowest BCUT2D eigenvalue weighted by Crippen LogP contribution is -2.45. The third kappa shape index (κ3) is 5.71. The van der Waals surface area contributed by atoms with Crippen LogP contribution >= 0.6 is 24.0 Å². The lowest BCUT2D eigenvalue weighted by atomic mass is 10.1. The number of nitrogens with zero attached hydrogens (tertiary/aromatic N) is 4. The fourth-order valence-electron chi connectivity index (χ4n) is 4.05. The van der Waals surface area contributed by atoms with Crippen LogP contribution in [0.5, 0.6) is 0 Å². The van der Waals surface area contributed by atoms with Crippen molar-refractivity contribution in [3.8, 4) is 0 Å². The van der Waals surface area contributed by atoms with Gasteiger partial charge in [-0.15, -0.1) is 24.0 Å². The summed E-state index contributed by atoms with van der Waals surface area (Å²) in [6, 6.07) is 4.27. The minimum absolute atomic E-state index is 0. The number of hydrogen-bond acceptors (Lipinski definition) is 4. The molecule has 28 heavy (non-hydrogen) atoms. The Labute approximate surface area is 185 Å². The summed E-state index contributed by atoms with van der Waals surface area (Å²) in [5, 5.41) is 6.85. The Morgan fingerprint density at radius 2 is 2.07 bits per heavy atom. The minimum Gasteiger partial charge on any atom is -0.362 e. The number of aliphatic imine (C=N–C) groups is 1. The smallest absolute Gasteiger partial charge is 0.225 e. The van der Waals surface area contributed by atoms with Crippen molar-refractivity contribution < 1.29 is 4.79 Å². The molecule has 2 fully saturated rings. The predicted octanol–water partition coefficient (Wildman–Crippen LogP) is 2.22. The second-order valence-corrected chi connectivity index (χ2v) is 7.70. The zero-order valence-corrected chi connectivity index (χ0v) is 19.5. The molecule has 0 aromatic carbocycles. The van der Waals surface area contributed by atoms with Crippen molar-refractivity contribution in [1.82, 2.24) is 20.5 Å². The van der Waals surface area contributed by atoms with E-state index in [1.807, 2.05) is 30.0 Å². The molecule has 1 aliphatic heterocycles. The molecule has 1 amide bonds. The van der Waals surface area contributed by atoms with Gasteiger partial charge in [-0.25, -0.2) is 4.98 Å². The zero-order chi connectivity index (χ0) is 19.2. The third-order valence-electron chi connectivity index (χ3n) is 5.51. The number of anilines is 1. The Hall–Kier alpha value is -1.58. The van der Waals surface area contributed by atoms with E-state index in [2.05, 4.69) is 26.7 Å². The maximum atomic E-state index is 12.6. The van der Waals surface area contributed by atoms with Gasteiger partial charge in [-0.3, -0.25) is 9.79 Å². The molecule has 1 unspecified atom stereocenters. The second-order valence-electron chi connectivity index (χ2n) is 7.70. The normalized spacial score (nSPS) is 20.0. The molecule has 2 N–H and O–H groups in total.